The predicted octanol–water partition coefficient (Wildman–Crippen LogP) is 3.32. The first kappa shape index (κ1) is 14.5. The van der Waals surface area contributed by atoms with E-state index >= 15 is 0 Å². The molecular formula is C17H25N3O. The fraction of sp³-hybridized carbons (Fsp3) is 0.706. The summed E-state index contributed by atoms with van der Waals surface area (Å²) in [7, 11) is 0. The number of anilines is 1. The number of carbonyl (C=O) groups excluding carboxylic acids is 1. The van der Waals surface area contributed by atoms with Gasteiger partial charge in [-0.3, -0.25) is 4.79 Å². The lowest BCUT2D eigenvalue weighted by atomic mass is 9.86. The Labute approximate surface area is 127 Å². The van der Waals surface area contributed by atoms with E-state index < -0.39 is 0 Å². The molecule has 0 saturated carbocycles. The molecule has 1 aliphatic heterocycles. The van der Waals surface area contributed by atoms with Gasteiger partial charge in [-0.05, 0) is 44.9 Å². The molecule has 1 aliphatic carbocycles. The Bertz CT molecular complexity index is 555. The van der Waals surface area contributed by atoms with Crippen molar-refractivity contribution in [3.8, 4) is 0 Å². The number of rotatable bonds is 2. The third kappa shape index (κ3) is 2.68. The quantitative estimate of drug-likeness (QED) is 0.837. The molecule has 4 heteroatoms. The van der Waals surface area contributed by atoms with Gasteiger partial charge in [0.15, 0.2) is 5.78 Å². The van der Waals surface area contributed by atoms with Gasteiger partial charge >= 0.3 is 0 Å². The molecular weight excluding hydrogens is 262 g/mol. The minimum Gasteiger partial charge on any atom is -0.338 e. The molecule has 2 aliphatic rings. The van der Waals surface area contributed by atoms with E-state index in [1.807, 2.05) is 6.92 Å². The van der Waals surface area contributed by atoms with Crippen LogP contribution >= 0.6 is 0 Å². The van der Waals surface area contributed by atoms with E-state index in [0.717, 1.165) is 42.3 Å². The Kier molecular flexibility index (Phi) is 3.96. The Morgan fingerprint density at radius 3 is 2.81 bits per heavy atom. The standard InChI is InChI=1S/C17H25N3O/c1-4-13-7-5-6-8-20(13)17-18-12(3)16-14(19-17)9-11(2)10-15(16)21/h11,13H,4-10H2,1-3H3/t11-,13+/m1/s1. The highest BCUT2D eigenvalue weighted by Crippen LogP contribution is 2.30. The SMILES string of the molecule is CC[C@H]1CCCCN1c1nc(C)c2c(n1)C[C@@H](C)CC2=O. The Hall–Kier alpha value is -1.45. The molecule has 2 heterocycles. The number of ketones is 1. The number of piperidine rings is 1. The Morgan fingerprint density at radius 2 is 2.05 bits per heavy atom. The predicted molar refractivity (Wildman–Crippen MR) is 83.9 cm³/mol. The van der Waals surface area contributed by atoms with Crippen LogP contribution in [-0.4, -0.2) is 28.3 Å². The van der Waals surface area contributed by atoms with E-state index in [0.29, 0.717) is 18.4 Å². The van der Waals surface area contributed by atoms with Gasteiger partial charge in [-0.25, -0.2) is 9.97 Å². The van der Waals surface area contributed by atoms with Gasteiger partial charge in [0.05, 0.1) is 17.0 Å². The number of hydrogen-bond donors (Lipinski definition) is 0. The van der Waals surface area contributed by atoms with Crippen LogP contribution in [0, 0.1) is 12.8 Å². The van der Waals surface area contributed by atoms with Crippen LogP contribution in [-0.2, 0) is 6.42 Å². The molecule has 0 radical (unpaired) electrons. The number of carbonyl (C=O) groups is 1. The van der Waals surface area contributed by atoms with E-state index in [1.165, 1.54) is 19.3 Å². The summed E-state index contributed by atoms with van der Waals surface area (Å²) in [6.45, 7) is 7.37. The maximum Gasteiger partial charge on any atom is 0.226 e. The van der Waals surface area contributed by atoms with Gasteiger partial charge < -0.3 is 4.90 Å². The lowest BCUT2D eigenvalue weighted by Gasteiger charge is -2.36. The van der Waals surface area contributed by atoms with E-state index in [2.05, 4.69) is 23.7 Å². The Balaban J connectivity index is 1.99. The van der Waals surface area contributed by atoms with Crippen LogP contribution in [0.4, 0.5) is 5.95 Å². The summed E-state index contributed by atoms with van der Waals surface area (Å²) in [5.41, 5.74) is 2.64. The number of Topliss-reactive ketones (excluding diaryl/α,β-unsaturated/α-hetero) is 1. The fourth-order valence-electron chi connectivity index (χ4n) is 3.76. The van der Waals surface area contributed by atoms with Gasteiger partial charge in [-0.2, -0.15) is 0 Å². The largest absolute Gasteiger partial charge is 0.338 e. The second-order valence-corrected chi connectivity index (χ2v) is 6.62. The molecule has 1 fully saturated rings. The Morgan fingerprint density at radius 1 is 1.24 bits per heavy atom. The number of fused-ring (bicyclic) bond motifs is 1. The smallest absolute Gasteiger partial charge is 0.226 e. The van der Waals surface area contributed by atoms with Crippen molar-refractivity contribution in [2.24, 2.45) is 5.92 Å². The summed E-state index contributed by atoms with van der Waals surface area (Å²) in [5.74, 6) is 1.47. The zero-order valence-corrected chi connectivity index (χ0v) is 13.4. The van der Waals surface area contributed by atoms with Crippen LogP contribution in [0.3, 0.4) is 0 Å². The van der Waals surface area contributed by atoms with Crippen molar-refractivity contribution in [2.45, 2.75) is 65.3 Å². The van der Waals surface area contributed by atoms with Crippen molar-refractivity contribution in [3.05, 3.63) is 17.0 Å². The summed E-state index contributed by atoms with van der Waals surface area (Å²) >= 11 is 0. The molecule has 21 heavy (non-hydrogen) atoms. The first-order valence-electron chi connectivity index (χ1n) is 8.27. The molecule has 2 atom stereocenters. The summed E-state index contributed by atoms with van der Waals surface area (Å²) in [6, 6.07) is 0.549. The number of nitrogens with zero attached hydrogens (tertiary/aromatic N) is 3. The van der Waals surface area contributed by atoms with Gasteiger partial charge in [0, 0.05) is 19.0 Å². The number of hydrogen-bond acceptors (Lipinski definition) is 4. The molecule has 0 unspecified atom stereocenters. The van der Waals surface area contributed by atoms with E-state index in [4.69, 9.17) is 4.98 Å². The average Bonchev–Trinajstić information content (AvgIpc) is 2.45. The molecule has 1 saturated heterocycles. The van der Waals surface area contributed by atoms with Crippen LogP contribution < -0.4 is 4.90 Å². The average molecular weight is 287 g/mol. The minimum absolute atomic E-state index is 0.221. The highest BCUT2D eigenvalue weighted by atomic mass is 16.1. The zero-order valence-electron chi connectivity index (χ0n) is 13.4. The third-order valence-electron chi connectivity index (χ3n) is 4.86. The molecule has 1 aromatic heterocycles. The minimum atomic E-state index is 0.221. The van der Waals surface area contributed by atoms with Crippen molar-refractivity contribution >= 4 is 11.7 Å². The monoisotopic (exact) mass is 287 g/mol. The summed E-state index contributed by atoms with van der Waals surface area (Å²) in [6.07, 6.45) is 6.42. The van der Waals surface area contributed by atoms with Crippen molar-refractivity contribution in [1.29, 1.82) is 0 Å². The molecule has 0 aromatic carbocycles. The maximum absolute atomic E-state index is 12.2. The first-order valence-corrected chi connectivity index (χ1v) is 8.27. The lowest BCUT2D eigenvalue weighted by molar-refractivity contribution is 0.0951. The molecule has 3 rings (SSSR count). The molecule has 0 spiro atoms. The van der Waals surface area contributed by atoms with Gasteiger partial charge in [0.1, 0.15) is 0 Å². The lowest BCUT2D eigenvalue weighted by Crippen LogP contribution is -2.40. The van der Waals surface area contributed by atoms with Crippen LogP contribution in [0.5, 0.6) is 0 Å². The van der Waals surface area contributed by atoms with Gasteiger partial charge in [0.2, 0.25) is 5.95 Å². The summed E-state index contributed by atoms with van der Waals surface area (Å²) in [4.78, 5) is 24.1. The summed E-state index contributed by atoms with van der Waals surface area (Å²) < 4.78 is 0. The molecule has 0 N–H and O–H groups in total. The van der Waals surface area contributed by atoms with E-state index in [1.54, 1.807) is 0 Å². The molecule has 0 bridgehead atoms. The van der Waals surface area contributed by atoms with Crippen molar-refractivity contribution < 1.29 is 4.79 Å². The third-order valence-corrected chi connectivity index (χ3v) is 4.86. The number of aryl methyl sites for hydroxylation is 1. The second kappa shape index (κ2) is 5.74. The molecule has 4 nitrogen and oxygen atoms in total. The van der Waals surface area contributed by atoms with Gasteiger partial charge in [-0.1, -0.05) is 13.8 Å². The van der Waals surface area contributed by atoms with Gasteiger partial charge in [-0.15, -0.1) is 0 Å². The molecule has 1 aromatic rings. The fourth-order valence-corrected chi connectivity index (χ4v) is 3.76. The van der Waals surface area contributed by atoms with Crippen LogP contribution in [0.2, 0.25) is 0 Å². The highest BCUT2D eigenvalue weighted by molar-refractivity contribution is 5.99. The van der Waals surface area contributed by atoms with Crippen molar-refractivity contribution in [2.75, 3.05) is 11.4 Å². The van der Waals surface area contributed by atoms with Crippen molar-refractivity contribution in [3.63, 3.8) is 0 Å². The maximum atomic E-state index is 12.2. The zero-order chi connectivity index (χ0) is 15.0. The van der Waals surface area contributed by atoms with Crippen molar-refractivity contribution in [1.82, 2.24) is 9.97 Å². The molecule has 114 valence electrons. The van der Waals surface area contributed by atoms with Crippen LogP contribution in [0.1, 0.15) is 67.7 Å². The second-order valence-electron chi connectivity index (χ2n) is 6.62. The normalized spacial score (nSPS) is 25.9. The van der Waals surface area contributed by atoms with Crippen LogP contribution in [0.15, 0.2) is 0 Å². The number of aromatic nitrogens is 2. The van der Waals surface area contributed by atoms with Crippen LogP contribution in [0.25, 0.3) is 0 Å². The summed E-state index contributed by atoms with van der Waals surface area (Å²) in [5, 5.41) is 0. The van der Waals surface area contributed by atoms with E-state index in [-0.39, 0.29) is 5.78 Å². The van der Waals surface area contributed by atoms with E-state index in [9.17, 15) is 4.79 Å². The molecule has 0 amide bonds. The first-order chi connectivity index (χ1) is 10.1. The highest BCUT2D eigenvalue weighted by Gasteiger charge is 2.29. The topological polar surface area (TPSA) is 46.1 Å². The van der Waals surface area contributed by atoms with Gasteiger partial charge in [0.25, 0.3) is 0 Å².